The summed E-state index contributed by atoms with van der Waals surface area (Å²) in [4.78, 5) is 10.0. The van der Waals surface area contributed by atoms with Crippen LogP contribution >= 0.6 is 0 Å². The Morgan fingerprint density at radius 3 is 2.12 bits per heavy atom. The third-order valence-corrected chi connectivity index (χ3v) is 2.29. The fraction of sp³-hybridized carbons (Fsp3) is 0. The van der Waals surface area contributed by atoms with E-state index in [2.05, 4.69) is 0 Å². The summed E-state index contributed by atoms with van der Waals surface area (Å²) in [5.41, 5.74) is 1.46. The molecule has 0 saturated carbocycles. The van der Waals surface area contributed by atoms with Crippen molar-refractivity contribution in [3.8, 4) is 16.9 Å². The normalized spacial score (nSPS) is 9.41. The van der Waals surface area contributed by atoms with Crippen LogP contribution in [0.4, 0.5) is 5.69 Å². The van der Waals surface area contributed by atoms with E-state index in [-0.39, 0.29) is 41.0 Å². The molecule has 0 aliphatic rings. The predicted octanol–water partition coefficient (Wildman–Crippen LogP) is 2.32. The van der Waals surface area contributed by atoms with Crippen LogP contribution < -0.4 is 0 Å². The Kier molecular flexibility index (Phi) is 4.69. The number of non-ortho nitro benzene ring substituents is 1. The van der Waals surface area contributed by atoms with Crippen molar-refractivity contribution in [3.05, 3.63) is 58.6 Å². The summed E-state index contributed by atoms with van der Waals surface area (Å²) in [6, 6.07) is 12.9. The molecular formula is C12H10NNaO3. The van der Waals surface area contributed by atoms with Gasteiger partial charge in [0.1, 0.15) is 5.75 Å². The summed E-state index contributed by atoms with van der Waals surface area (Å²) < 4.78 is 0. The first-order valence-electron chi connectivity index (χ1n) is 4.71. The van der Waals surface area contributed by atoms with Gasteiger partial charge in [0, 0.05) is 17.7 Å². The van der Waals surface area contributed by atoms with E-state index in [1.807, 2.05) is 0 Å². The average Bonchev–Trinajstić information content (AvgIpc) is 2.30. The minimum atomic E-state index is -0.450. The molecule has 82 valence electrons. The third kappa shape index (κ3) is 3.06. The first kappa shape index (κ1) is 13.7. The average molecular weight is 239 g/mol. The number of nitrogens with zero attached hydrogens (tertiary/aromatic N) is 1. The fourth-order valence-corrected chi connectivity index (χ4v) is 1.48. The van der Waals surface area contributed by atoms with Gasteiger partial charge in [-0.05, 0) is 23.8 Å². The Morgan fingerprint density at radius 1 is 1.00 bits per heavy atom. The molecule has 0 fully saturated rings. The molecule has 0 amide bonds. The second kappa shape index (κ2) is 5.82. The van der Waals surface area contributed by atoms with Gasteiger partial charge in [-0.2, -0.15) is 0 Å². The molecule has 4 nitrogen and oxygen atoms in total. The number of phenolic OH excluding ortho intramolecular Hbond substituents is 1. The molecule has 0 unspecified atom stereocenters. The SMILES string of the molecule is O=[N+]([O-])c1ccc(-c2ccccc2O)cc1.[NaH]. The van der Waals surface area contributed by atoms with E-state index in [9.17, 15) is 15.2 Å². The van der Waals surface area contributed by atoms with Crippen molar-refractivity contribution < 1.29 is 10.0 Å². The summed E-state index contributed by atoms with van der Waals surface area (Å²) in [6.07, 6.45) is 0. The van der Waals surface area contributed by atoms with Crippen LogP contribution in [-0.4, -0.2) is 39.6 Å². The molecule has 0 bridgehead atoms. The van der Waals surface area contributed by atoms with Crippen molar-refractivity contribution in [2.75, 3.05) is 0 Å². The van der Waals surface area contributed by atoms with Gasteiger partial charge >= 0.3 is 29.6 Å². The molecule has 2 aromatic carbocycles. The van der Waals surface area contributed by atoms with E-state index >= 15 is 0 Å². The van der Waals surface area contributed by atoms with Gasteiger partial charge in [0.05, 0.1) is 4.92 Å². The molecule has 0 saturated heterocycles. The third-order valence-electron chi connectivity index (χ3n) is 2.29. The maximum absolute atomic E-state index is 10.5. The van der Waals surface area contributed by atoms with Crippen molar-refractivity contribution in [2.45, 2.75) is 0 Å². The minimum absolute atomic E-state index is 0. The molecule has 2 rings (SSSR count). The van der Waals surface area contributed by atoms with Gasteiger partial charge in [-0.15, -0.1) is 0 Å². The van der Waals surface area contributed by atoms with Crippen LogP contribution in [0.15, 0.2) is 48.5 Å². The van der Waals surface area contributed by atoms with Gasteiger partial charge in [-0.3, -0.25) is 10.1 Å². The zero-order valence-electron chi connectivity index (χ0n) is 8.33. The van der Waals surface area contributed by atoms with Crippen LogP contribution in [-0.2, 0) is 0 Å². The fourth-order valence-electron chi connectivity index (χ4n) is 1.48. The summed E-state index contributed by atoms with van der Waals surface area (Å²) >= 11 is 0. The number of benzene rings is 2. The van der Waals surface area contributed by atoms with Crippen LogP contribution in [0, 0.1) is 10.1 Å². The van der Waals surface area contributed by atoms with E-state index < -0.39 is 4.92 Å². The maximum atomic E-state index is 10.5. The van der Waals surface area contributed by atoms with Gasteiger partial charge in [0.2, 0.25) is 0 Å². The summed E-state index contributed by atoms with van der Waals surface area (Å²) in [5.74, 6) is 0.163. The summed E-state index contributed by atoms with van der Waals surface area (Å²) in [6.45, 7) is 0. The van der Waals surface area contributed by atoms with E-state index in [1.54, 1.807) is 36.4 Å². The van der Waals surface area contributed by atoms with Crippen LogP contribution in [0.3, 0.4) is 0 Å². The van der Waals surface area contributed by atoms with Crippen LogP contribution in [0.5, 0.6) is 5.75 Å². The number of nitro benzene ring substituents is 1. The number of phenols is 1. The standard InChI is InChI=1S/C12H9NO3.Na.H/c14-12-4-2-1-3-11(12)9-5-7-10(8-6-9)13(15)16;;/h1-8,14H;;. The van der Waals surface area contributed by atoms with Gasteiger partial charge in [0.15, 0.2) is 0 Å². The van der Waals surface area contributed by atoms with Gasteiger partial charge < -0.3 is 5.11 Å². The molecular weight excluding hydrogens is 229 g/mol. The van der Waals surface area contributed by atoms with Crippen molar-refractivity contribution in [3.63, 3.8) is 0 Å². The second-order valence-corrected chi connectivity index (χ2v) is 3.32. The van der Waals surface area contributed by atoms with Crippen molar-refractivity contribution in [2.24, 2.45) is 0 Å². The molecule has 0 atom stereocenters. The molecule has 0 aromatic heterocycles. The number of rotatable bonds is 2. The molecule has 0 aliphatic carbocycles. The van der Waals surface area contributed by atoms with E-state index in [0.717, 1.165) is 5.56 Å². The number of aromatic hydroxyl groups is 1. The molecule has 0 spiro atoms. The molecule has 0 radical (unpaired) electrons. The van der Waals surface area contributed by atoms with Gasteiger partial charge in [-0.25, -0.2) is 0 Å². The zero-order chi connectivity index (χ0) is 11.5. The van der Waals surface area contributed by atoms with E-state index in [0.29, 0.717) is 5.56 Å². The Hall–Kier alpha value is -1.36. The number of para-hydroxylation sites is 1. The van der Waals surface area contributed by atoms with E-state index in [4.69, 9.17) is 0 Å². The topological polar surface area (TPSA) is 63.4 Å². The van der Waals surface area contributed by atoms with Crippen LogP contribution in [0.25, 0.3) is 11.1 Å². The number of hydrogen-bond acceptors (Lipinski definition) is 3. The summed E-state index contributed by atoms with van der Waals surface area (Å²) in [5, 5.41) is 20.1. The Labute approximate surface area is 120 Å². The molecule has 2 aromatic rings. The monoisotopic (exact) mass is 239 g/mol. The quantitative estimate of drug-likeness (QED) is 0.497. The molecule has 0 aliphatic heterocycles. The second-order valence-electron chi connectivity index (χ2n) is 3.32. The summed E-state index contributed by atoms with van der Waals surface area (Å²) in [7, 11) is 0. The molecule has 1 N–H and O–H groups in total. The predicted molar refractivity (Wildman–Crippen MR) is 67.3 cm³/mol. The van der Waals surface area contributed by atoms with Crippen LogP contribution in [0.1, 0.15) is 0 Å². The number of nitro groups is 1. The first-order valence-corrected chi connectivity index (χ1v) is 4.71. The van der Waals surface area contributed by atoms with Crippen molar-refractivity contribution >= 4 is 35.2 Å². The van der Waals surface area contributed by atoms with Crippen molar-refractivity contribution in [1.82, 2.24) is 0 Å². The first-order chi connectivity index (χ1) is 7.68. The van der Waals surface area contributed by atoms with Gasteiger partial charge in [0.25, 0.3) is 5.69 Å². The number of hydrogen-bond donors (Lipinski definition) is 1. The van der Waals surface area contributed by atoms with Gasteiger partial charge in [-0.1, -0.05) is 18.2 Å². The zero-order valence-corrected chi connectivity index (χ0v) is 8.33. The Morgan fingerprint density at radius 2 is 1.59 bits per heavy atom. The molecule has 17 heavy (non-hydrogen) atoms. The molecule has 0 heterocycles. The molecule has 5 heteroatoms. The Balaban J connectivity index is 0.00000144. The van der Waals surface area contributed by atoms with Crippen molar-refractivity contribution in [1.29, 1.82) is 0 Å². The Bertz CT molecular complexity index is 526. The van der Waals surface area contributed by atoms with Crippen LogP contribution in [0.2, 0.25) is 0 Å². The van der Waals surface area contributed by atoms with E-state index in [1.165, 1.54) is 12.1 Å².